The number of halogens is 1. The number of hydrogen-bond acceptors (Lipinski definition) is 5. The van der Waals surface area contributed by atoms with Crippen molar-refractivity contribution in [3.05, 3.63) is 54.1 Å². The third kappa shape index (κ3) is 5.23. The van der Waals surface area contributed by atoms with Crippen LogP contribution in [-0.2, 0) is 10.0 Å². The molecule has 0 unspecified atom stereocenters. The molecule has 0 spiro atoms. The van der Waals surface area contributed by atoms with Crippen LogP contribution in [0.2, 0.25) is 0 Å². The molecule has 8 nitrogen and oxygen atoms in total. The quantitative estimate of drug-likeness (QED) is 0.314. The highest BCUT2D eigenvalue weighted by atomic mass is 35.5. The number of carbonyl (C=O) groups excluding carboxylic acids is 1. The average molecular weight is 371 g/mol. The van der Waals surface area contributed by atoms with E-state index in [1.807, 2.05) is 0 Å². The fourth-order valence-electron chi connectivity index (χ4n) is 1.68. The van der Waals surface area contributed by atoms with Crippen LogP contribution in [0.3, 0.4) is 0 Å². The highest BCUT2D eigenvalue weighted by molar-refractivity contribution is 7.89. The number of ether oxygens (including phenoxy) is 1. The Labute approximate surface area is 144 Å². The lowest BCUT2D eigenvalue weighted by molar-refractivity contribution is 0.0734. The molecule has 0 saturated heterocycles. The molecular weight excluding hydrogens is 356 g/mol. The van der Waals surface area contributed by atoms with Crippen molar-refractivity contribution in [2.75, 3.05) is 0 Å². The average Bonchev–Trinajstić information content (AvgIpc) is 2.47. The van der Waals surface area contributed by atoms with E-state index in [1.165, 1.54) is 36.4 Å². The van der Waals surface area contributed by atoms with Crippen LogP contribution in [0, 0.1) is 0 Å². The summed E-state index contributed by atoms with van der Waals surface area (Å²) in [5.41, 5.74) is 11.3. The molecule has 0 saturated carbocycles. The molecule has 0 amide bonds. The second-order valence-electron chi connectivity index (χ2n) is 4.49. The molecule has 0 aliphatic carbocycles. The lowest BCUT2D eigenvalue weighted by Crippen LogP contribution is -2.21. The van der Waals surface area contributed by atoms with Gasteiger partial charge in [-0.3, -0.25) is 0 Å². The van der Waals surface area contributed by atoms with E-state index in [1.54, 1.807) is 12.1 Å². The summed E-state index contributed by atoms with van der Waals surface area (Å²) in [4.78, 5) is 15.7. The monoisotopic (exact) mass is 370 g/mol. The summed E-state index contributed by atoms with van der Waals surface area (Å²) < 4.78 is 27.4. The van der Waals surface area contributed by atoms with Crippen LogP contribution in [0.15, 0.2) is 58.4 Å². The van der Waals surface area contributed by atoms with Gasteiger partial charge in [-0.15, -0.1) is 12.4 Å². The van der Waals surface area contributed by atoms with Crippen molar-refractivity contribution in [3.63, 3.8) is 0 Å². The van der Waals surface area contributed by atoms with Gasteiger partial charge in [0.1, 0.15) is 5.75 Å². The van der Waals surface area contributed by atoms with Crippen LogP contribution in [0.1, 0.15) is 10.4 Å². The van der Waals surface area contributed by atoms with E-state index in [4.69, 9.17) is 21.3 Å². The number of benzene rings is 2. The van der Waals surface area contributed by atoms with Gasteiger partial charge < -0.3 is 16.2 Å². The molecule has 24 heavy (non-hydrogen) atoms. The number of carbonyl (C=O) groups is 1. The van der Waals surface area contributed by atoms with Crippen LogP contribution >= 0.6 is 12.4 Å². The molecule has 0 fully saturated rings. The molecule has 0 aliphatic heterocycles. The number of aliphatic imine (C=N–C) groups is 1. The number of primary sulfonamides is 1. The Morgan fingerprint density at radius 3 is 1.96 bits per heavy atom. The largest absolute Gasteiger partial charge is 0.423 e. The summed E-state index contributed by atoms with van der Waals surface area (Å²) in [7, 11) is -3.79. The molecule has 128 valence electrons. The number of sulfonamides is 1. The van der Waals surface area contributed by atoms with Gasteiger partial charge in [0.05, 0.1) is 16.1 Å². The topological polar surface area (TPSA) is 151 Å². The number of nitrogens with zero attached hydrogens (tertiary/aromatic N) is 1. The Morgan fingerprint density at radius 2 is 1.50 bits per heavy atom. The molecule has 6 N–H and O–H groups in total. The van der Waals surface area contributed by atoms with E-state index in [0.717, 1.165) is 0 Å². The molecule has 0 radical (unpaired) electrons. The van der Waals surface area contributed by atoms with E-state index in [2.05, 4.69) is 4.99 Å². The minimum Gasteiger partial charge on any atom is -0.423 e. The SMILES string of the molecule is Cl.NC(N)=Nc1ccc(C(=O)Oc2ccc(S(N)(=O)=O)cc2)cc1. The van der Waals surface area contributed by atoms with E-state index in [-0.39, 0.29) is 34.6 Å². The summed E-state index contributed by atoms with van der Waals surface area (Å²) >= 11 is 0. The zero-order valence-electron chi connectivity index (χ0n) is 12.2. The number of hydrogen-bond donors (Lipinski definition) is 3. The molecule has 2 aromatic carbocycles. The van der Waals surface area contributed by atoms with Crippen molar-refractivity contribution in [1.82, 2.24) is 0 Å². The second kappa shape index (κ2) is 7.77. The zero-order valence-corrected chi connectivity index (χ0v) is 13.9. The van der Waals surface area contributed by atoms with Crippen molar-refractivity contribution in [2.45, 2.75) is 4.90 Å². The molecule has 0 aromatic heterocycles. The van der Waals surface area contributed by atoms with Crippen molar-refractivity contribution in [2.24, 2.45) is 21.6 Å². The van der Waals surface area contributed by atoms with Crippen LogP contribution in [0.4, 0.5) is 5.69 Å². The van der Waals surface area contributed by atoms with Gasteiger partial charge in [-0.25, -0.2) is 23.3 Å². The molecule has 2 aromatic rings. The van der Waals surface area contributed by atoms with Crippen molar-refractivity contribution in [1.29, 1.82) is 0 Å². The van der Waals surface area contributed by atoms with Gasteiger partial charge in [-0.1, -0.05) is 0 Å². The highest BCUT2D eigenvalue weighted by Gasteiger charge is 2.11. The van der Waals surface area contributed by atoms with Gasteiger partial charge >= 0.3 is 5.97 Å². The number of nitrogens with two attached hydrogens (primary N) is 3. The van der Waals surface area contributed by atoms with Gasteiger partial charge in [0, 0.05) is 0 Å². The lowest BCUT2D eigenvalue weighted by atomic mass is 10.2. The molecular formula is C14H15ClN4O4S. The third-order valence-corrected chi connectivity index (χ3v) is 3.65. The number of guanidine groups is 1. The first-order valence-electron chi connectivity index (χ1n) is 6.30. The first-order chi connectivity index (χ1) is 10.8. The molecule has 0 bridgehead atoms. The van der Waals surface area contributed by atoms with E-state index < -0.39 is 16.0 Å². The minimum atomic E-state index is -3.79. The second-order valence-corrected chi connectivity index (χ2v) is 6.05. The van der Waals surface area contributed by atoms with E-state index in [0.29, 0.717) is 5.69 Å². The normalized spacial score (nSPS) is 10.4. The number of rotatable bonds is 4. The summed E-state index contributed by atoms with van der Waals surface area (Å²) in [6.45, 7) is 0. The van der Waals surface area contributed by atoms with Gasteiger partial charge in [0.15, 0.2) is 5.96 Å². The Kier molecular flexibility index (Phi) is 6.29. The fourth-order valence-corrected chi connectivity index (χ4v) is 2.20. The first kappa shape index (κ1) is 19.4. The van der Waals surface area contributed by atoms with Crippen molar-refractivity contribution in [3.8, 4) is 5.75 Å². The number of esters is 1. The van der Waals surface area contributed by atoms with Crippen molar-refractivity contribution < 1.29 is 17.9 Å². The first-order valence-corrected chi connectivity index (χ1v) is 7.85. The molecule has 2 rings (SSSR count). The van der Waals surface area contributed by atoms with Crippen molar-refractivity contribution >= 4 is 40.0 Å². The van der Waals surface area contributed by atoms with Gasteiger partial charge in [0.25, 0.3) is 0 Å². The third-order valence-electron chi connectivity index (χ3n) is 2.72. The summed E-state index contributed by atoms with van der Waals surface area (Å²) in [6.07, 6.45) is 0. The fraction of sp³-hybridized carbons (Fsp3) is 0. The van der Waals surface area contributed by atoms with Gasteiger partial charge in [-0.2, -0.15) is 0 Å². The van der Waals surface area contributed by atoms with E-state index >= 15 is 0 Å². The summed E-state index contributed by atoms with van der Waals surface area (Å²) in [6, 6.07) is 11.3. The maximum atomic E-state index is 12.0. The van der Waals surface area contributed by atoms with Crippen LogP contribution in [-0.4, -0.2) is 20.3 Å². The lowest BCUT2D eigenvalue weighted by Gasteiger charge is -2.05. The maximum absolute atomic E-state index is 12.0. The standard InChI is InChI=1S/C14H14N4O4S.ClH/c15-14(16)18-10-3-1-9(2-4-10)13(19)22-11-5-7-12(8-6-11)23(17,20)21;/h1-8H,(H4,15,16,18)(H2,17,20,21);1H. The van der Waals surface area contributed by atoms with Crippen LogP contribution < -0.4 is 21.3 Å². The molecule has 10 heteroatoms. The van der Waals surface area contributed by atoms with Gasteiger partial charge in [0.2, 0.25) is 10.0 Å². The Bertz CT molecular complexity index is 845. The zero-order chi connectivity index (χ0) is 17.0. The summed E-state index contributed by atoms with van der Waals surface area (Å²) in [5, 5.41) is 4.98. The minimum absolute atomic E-state index is 0. The van der Waals surface area contributed by atoms with Gasteiger partial charge in [-0.05, 0) is 48.5 Å². The van der Waals surface area contributed by atoms with Crippen LogP contribution in [0.5, 0.6) is 5.75 Å². The maximum Gasteiger partial charge on any atom is 0.343 e. The summed E-state index contributed by atoms with van der Waals surface area (Å²) in [5.74, 6) is -0.504. The van der Waals surface area contributed by atoms with Crippen LogP contribution in [0.25, 0.3) is 0 Å². The Hall–Kier alpha value is -2.62. The Morgan fingerprint density at radius 1 is 0.958 bits per heavy atom. The molecule has 0 atom stereocenters. The Balaban J connectivity index is 0.00000288. The highest BCUT2D eigenvalue weighted by Crippen LogP contribution is 2.18. The predicted molar refractivity (Wildman–Crippen MR) is 91.9 cm³/mol. The van der Waals surface area contributed by atoms with E-state index in [9.17, 15) is 13.2 Å². The predicted octanol–water partition coefficient (Wildman–Crippen LogP) is 0.880. The smallest absolute Gasteiger partial charge is 0.343 e. The molecule has 0 aliphatic rings. The molecule has 0 heterocycles.